The number of hydrogen-bond acceptors (Lipinski definition) is 8. The number of hydrazine groups is 1. The number of aliphatic hydroxyl groups excluding tert-OH is 2. The van der Waals surface area contributed by atoms with Gasteiger partial charge in [0.15, 0.2) is 9.84 Å². The van der Waals surface area contributed by atoms with Crippen molar-refractivity contribution in [3.05, 3.63) is 30.1 Å². The van der Waals surface area contributed by atoms with Gasteiger partial charge in [-0.3, -0.25) is 4.79 Å². The lowest BCUT2D eigenvalue weighted by Crippen LogP contribution is -2.67. The minimum Gasteiger partial charge on any atom is -0.450 e. The highest BCUT2D eigenvalue weighted by atomic mass is 32.2. The number of aliphatic hydroxyl groups is 2. The summed E-state index contributed by atoms with van der Waals surface area (Å²) in [6.07, 6.45) is -8.23. The van der Waals surface area contributed by atoms with Crippen LogP contribution in [0.4, 0.5) is 17.6 Å². The molecule has 2 aliphatic rings. The Balaban J connectivity index is 1.68. The average Bonchev–Trinajstić information content (AvgIpc) is 2.73. The van der Waals surface area contributed by atoms with Crippen LogP contribution < -0.4 is 10.9 Å². The molecule has 1 saturated heterocycles. The number of halogens is 4. The second-order valence-electron chi connectivity index (χ2n) is 8.16. The molecule has 32 heavy (non-hydrogen) atoms. The first kappa shape index (κ1) is 24.8. The predicted molar refractivity (Wildman–Crippen MR) is 102 cm³/mol. The van der Waals surface area contributed by atoms with Gasteiger partial charge in [0.25, 0.3) is 0 Å². The monoisotopic (exact) mass is 484 g/mol. The Labute approximate surface area is 181 Å². The molecule has 180 valence electrons. The highest BCUT2D eigenvalue weighted by molar-refractivity contribution is 7.92. The highest BCUT2D eigenvalue weighted by Gasteiger charge is 2.49. The number of carbonyl (C=O) groups excluding carboxylic acids is 1. The SMILES string of the molecule is O=C(O[C@H](CO)C(F)(F)F)C1CCC2(CC1)CC(S(=O)(=O)c1ccc(F)cc1)C(O)NN2. The van der Waals surface area contributed by atoms with E-state index in [0.29, 0.717) is 0 Å². The van der Waals surface area contributed by atoms with E-state index in [1.165, 1.54) is 0 Å². The Hall–Kier alpha value is -1.80. The number of nitrogens with one attached hydrogen (secondary N) is 2. The van der Waals surface area contributed by atoms with Crippen molar-refractivity contribution >= 4 is 15.8 Å². The lowest BCUT2D eigenvalue weighted by Gasteiger charge is -2.47. The Morgan fingerprint density at radius 3 is 2.34 bits per heavy atom. The number of ether oxygens (including phenoxy) is 1. The van der Waals surface area contributed by atoms with Crippen LogP contribution in [0.5, 0.6) is 0 Å². The molecule has 1 saturated carbocycles. The molecule has 1 aliphatic carbocycles. The number of benzene rings is 1. The summed E-state index contributed by atoms with van der Waals surface area (Å²) in [5.74, 6) is -2.52. The molecule has 3 atom stereocenters. The molecule has 0 bridgehead atoms. The summed E-state index contributed by atoms with van der Waals surface area (Å²) < 4.78 is 81.8. The number of carbonyl (C=O) groups is 1. The quantitative estimate of drug-likeness (QED) is 0.279. The third kappa shape index (κ3) is 5.22. The molecule has 0 radical (unpaired) electrons. The number of rotatable bonds is 5. The zero-order chi connectivity index (χ0) is 23.7. The van der Waals surface area contributed by atoms with Crippen molar-refractivity contribution in [3.8, 4) is 0 Å². The fourth-order valence-electron chi connectivity index (χ4n) is 4.13. The summed E-state index contributed by atoms with van der Waals surface area (Å²) in [6, 6.07) is 4.22. The number of esters is 1. The summed E-state index contributed by atoms with van der Waals surface area (Å²) in [6.45, 7) is -1.38. The standard InChI is InChI=1S/C19H24F4N2O6S/c20-12-1-3-13(4-2-12)32(29,30)14-9-18(25-24-16(14)27)7-5-11(6-8-18)17(28)31-15(10-26)19(21,22)23/h1-4,11,14-16,24-27H,5-10H2/t11?,14?,15-,16?,18?/m1/s1. The average molecular weight is 484 g/mol. The van der Waals surface area contributed by atoms with Crippen LogP contribution in [0.3, 0.4) is 0 Å². The van der Waals surface area contributed by atoms with Crippen LogP contribution in [-0.4, -0.2) is 60.5 Å². The molecule has 4 N–H and O–H groups in total. The maximum absolute atomic E-state index is 13.2. The zero-order valence-corrected chi connectivity index (χ0v) is 17.6. The topological polar surface area (TPSA) is 125 Å². The van der Waals surface area contributed by atoms with Crippen LogP contribution >= 0.6 is 0 Å². The van der Waals surface area contributed by atoms with Crippen molar-refractivity contribution in [3.63, 3.8) is 0 Å². The molecule has 8 nitrogen and oxygen atoms in total. The minimum atomic E-state index is -4.88. The van der Waals surface area contributed by atoms with Gasteiger partial charge in [0.05, 0.1) is 17.4 Å². The van der Waals surface area contributed by atoms with Gasteiger partial charge in [-0.2, -0.15) is 13.2 Å². The summed E-state index contributed by atoms with van der Waals surface area (Å²) in [4.78, 5) is 12.0. The summed E-state index contributed by atoms with van der Waals surface area (Å²) in [7, 11) is -4.03. The van der Waals surface area contributed by atoms with Crippen LogP contribution in [0.2, 0.25) is 0 Å². The largest absolute Gasteiger partial charge is 0.450 e. The third-order valence-corrected chi connectivity index (χ3v) is 8.19. The molecule has 3 rings (SSSR count). The van der Waals surface area contributed by atoms with E-state index >= 15 is 0 Å². The molecule has 0 aromatic heterocycles. The summed E-state index contributed by atoms with van der Waals surface area (Å²) >= 11 is 0. The van der Waals surface area contributed by atoms with Gasteiger partial charge in [0.2, 0.25) is 6.10 Å². The summed E-state index contributed by atoms with van der Waals surface area (Å²) in [5.41, 5.74) is 4.60. The fourth-order valence-corrected chi connectivity index (χ4v) is 5.94. The van der Waals surface area contributed by atoms with Gasteiger partial charge in [-0.15, -0.1) is 0 Å². The molecular formula is C19H24F4N2O6S. The first-order valence-electron chi connectivity index (χ1n) is 9.96. The van der Waals surface area contributed by atoms with Crippen LogP contribution in [-0.2, 0) is 19.4 Å². The van der Waals surface area contributed by atoms with Gasteiger partial charge in [0, 0.05) is 5.54 Å². The third-order valence-electron chi connectivity index (χ3n) is 6.04. The molecule has 0 amide bonds. The fraction of sp³-hybridized carbons (Fsp3) is 0.632. The van der Waals surface area contributed by atoms with Crippen LogP contribution in [0.25, 0.3) is 0 Å². The van der Waals surface area contributed by atoms with E-state index in [2.05, 4.69) is 15.6 Å². The first-order valence-corrected chi connectivity index (χ1v) is 11.5. The van der Waals surface area contributed by atoms with Gasteiger partial charge in [-0.1, -0.05) is 0 Å². The lowest BCUT2D eigenvalue weighted by atomic mass is 9.73. The lowest BCUT2D eigenvalue weighted by molar-refractivity contribution is -0.231. The second-order valence-corrected chi connectivity index (χ2v) is 10.3. The highest BCUT2D eigenvalue weighted by Crippen LogP contribution is 2.40. The Bertz CT molecular complexity index is 917. The van der Waals surface area contributed by atoms with Crippen molar-refractivity contribution in [1.29, 1.82) is 0 Å². The Morgan fingerprint density at radius 2 is 1.81 bits per heavy atom. The Morgan fingerprint density at radius 1 is 1.22 bits per heavy atom. The van der Waals surface area contributed by atoms with Gasteiger partial charge >= 0.3 is 12.1 Å². The van der Waals surface area contributed by atoms with Crippen molar-refractivity contribution in [2.24, 2.45) is 5.92 Å². The van der Waals surface area contributed by atoms with Crippen molar-refractivity contribution in [2.75, 3.05) is 6.61 Å². The molecular weight excluding hydrogens is 460 g/mol. The molecule has 1 aromatic rings. The van der Waals surface area contributed by atoms with Gasteiger partial charge in [-0.25, -0.2) is 23.7 Å². The van der Waals surface area contributed by atoms with E-state index in [4.69, 9.17) is 5.11 Å². The number of alkyl halides is 3. The second kappa shape index (κ2) is 9.21. The molecule has 13 heteroatoms. The molecule has 1 aliphatic heterocycles. The molecule has 1 spiro atoms. The smallest absolute Gasteiger partial charge is 0.427 e. The maximum atomic E-state index is 13.2. The molecule has 2 unspecified atom stereocenters. The minimum absolute atomic E-state index is 0.0234. The van der Waals surface area contributed by atoms with E-state index in [1.54, 1.807) is 0 Å². The van der Waals surface area contributed by atoms with Crippen LogP contribution in [0.1, 0.15) is 32.1 Å². The van der Waals surface area contributed by atoms with E-state index in [0.717, 1.165) is 24.3 Å². The van der Waals surface area contributed by atoms with E-state index < -0.39 is 63.4 Å². The van der Waals surface area contributed by atoms with E-state index in [1.807, 2.05) is 0 Å². The van der Waals surface area contributed by atoms with E-state index in [9.17, 15) is 35.9 Å². The number of sulfone groups is 1. The van der Waals surface area contributed by atoms with Crippen molar-refractivity contribution in [1.82, 2.24) is 10.9 Å². The van der Waals surface area contributed by atoms with Gasteiger partial charge in [-0.05, 0) is 56.4 Å². The first-order chi connectivity index (χ1) is 14.9. The number of hydrogen-bond donors (Lipinski definition) is 4. The van der Waals surface area contributed by atoms with Crippen LogP contribution in [0.15, 0.2) is 29.2 Å². The normalized spacial score (nSPS) is 30.1. The van der Waals surface area contributed by atoms with Crippen LogP contribution in [0, 0.1) is 11.7 Å². The van der Waals surface area contributed by atoms with Gasteiger partial charge in [0.1, 0.15) is 17.3 Å². The predicted octanol–water partition coefficient (Wildman–Crippen LogP) is 1.18. The van der Waals surface area contributed by atoms with Crippen molar-refractivity contribution < 1.29 is 45.7 Å². The maximum Gasteiger partial charge on any atom is 0.427 e. The molecule has 1 heterocycles. The van der Waals surface area contributed by atoms with Crippen molar-refractivity contribution in [2.45, 2.75) is 66.3 Å². The molecule has 2 fully saturated rings. The summed E-state index contributed by atoms with van der Waals surface area (Å²) in [5, 5.41) is 17.8. The van der Waals surface area contributed by atoms with E-state index in [-0.39, 0.29) is 37.0 Å². The Kier molecular flexibility index (Phi) is 7.15. The zero-order valence-electron chi connectivity index (χ0n) is 16.8. The van der Waals surface area contributed by atoms with Gasteiger partial charge < -0.3 is 14.9 Å². The molecule has 1 aromatic carbocycles.